The van der Waals surface area contributed by atoms with Crippen LogP contribution in [0.2, 0.25) is 0 Å². The van der Waals surface area contributed by atoms with Crippen LogP contribution in [0.1, 0.15) is 31.7 Å². The third-order valence-electron chi connectivity index (χ3n) is 6.99. The first-order chi connectivity index (χ1) is 15.4. The summed E-state index contributed by atoms with van der Waals surface area (Å²) in [4.78, 5) is 12.1. The number of fused-ring (bicyclic) bond motifs is 2. The van der Waals surface area contributed by atoms with E-state index in [-0.39, 0.29) is 5.75 Å². The molecule has 0 radical (unpaired) electrons. The van der Waals surface area contributed by atoms with Gasteiger partial charge in [0.2, 0.25) is 0 Å². The van der Waals surface area contributed by atoms with Gasteiger partial charge in [-0.25, -0.2) is 9.97 Å². The summed E-state index contributed by atoms with van der Waals surface area (Å²) >= 11 is 0. The predicted octanol–water partition coefficient (Wildman–Crippen LogP) is 3.92. The molecule has 164 valence electrons. The molecule has 4 heterocycles. The first kappa shape index (κ1) is 19.5. The molecule has 0 unspecified atom stereocenters. The van der Waals surface area contributed by atoms with E-state index in [2.05, 4.69) is 28.3 Å². The molecule has 7 nitrogen and oxygen atoms in total. The number of aromatic hydroxyl groups is 1. The highest BCUT2D eigenvalue weighted by atomic mass is 16.3. The second-order valence-corrected chi connectivity index (χ2v) is 9.68. The van der Waals surface area contributed by atoms with Crippen molar-refractivity contribution < 1.29 is 5.11 Å². The Kier molecular flexibility index (Phi) is 4.21. The van der Waals surface area contributed by atoms with E-state index in [1.807, 2.05) is 44.4 Å². The quantitative estimate of drug-likeness (QED) is 0.513. The van der Waals surface area contributed by atoms with Gasteiger partial charge in [0.15, 0.2) is 0 Å². The molecule has 1 aromatic carbocycles. The molecule has 1 atom stereocenters. The van der Waals surface area contributed by atoms with Gasteiger partial charge in [-0.15, -0.1) is 0 Å². The van der Waals surface area contributed by atoms with Gasteiger partial charge in [0.05, 0.1) is 22.2 Å². The van der Waals surface area contributed by atoms with Crippen LogP contribution in [-0.4, -0.2) is 49.5 Å². The van der Waals surface area contributed by atoms with Crippen molar-refractivity contribution in [2.45, 2.75) is 44.7 Å². The van der Waals surface area contributed by atoms with Gasteiger partial charge in [0, 0.05) is 54.4 Å². The summed E-state index contributed by atoms with van der Waals surface area (Å²) in [7, 11) is 1.89. The number of hydrogen-bond acceptors (Lipinski definition) is 6. The molecule has 32 heavy (non-hydrogen) atoms. The van der Waals surface area contributed by atoms with E-state index in [1.165, 1.54) is 12.8 Å². The molecule has 0 spiro atoms. The van der Waals surface area contributed by atoms with E-state index in [1.54, 1.807) is 4.68 Å². The van der Waals surface area contributed by atoms with Crippen LogP contribution in [0.15, 0.2) is 36.5 Å². The number of aromatic nitrogens is 4. The maximum atomic E-state index is 10.8. The number of phenols is 1. The molecule has 2 fully saturated rings. The first-order valence-electron chi connectivity index (χ1n) is 11.4. The number of aryl methyl sites for hydroxylation is 2. The molecule has 0 amide bonds. The molecular formula is C25H28N6O. The number of anilines is 1. The monoisotopic (exact) mass is 428 g/mol. The van der Waals surface area contributed by atoms with Crippen LogP contribution in [0.4, 0.5) is 5.82 Å². The largest absolute Gasteiger partial charge is 0.507 e. The fraction of sp³-hybridized carbons (Fsp3) is 0.400. The molecule has 1 saturated carbocycles. The van der Waals surface area contributed by atoms with Crippen LogP contribution in [-0.2, 0) is 7.05 Å². The summed E-state index contributed by atoms with van der Waals surface area (Å²) in [6.07, 6.45) is 5.69. The Hall–Kier alpha value is -3.19. The normalized spacial score (nSPS) is 19.8. The van der Waals surface area contributed by atoms with Gasteiger partial charge in [0.1, 0.15) is 11.6 Å². The van der Waals surface area contributed by atoms with Crippen LogP contribution in [0.5, 0.6) is 5.75 Å². The third kappa shape index (κ3) is 3.28. The summed E-state index contributed by atoms with van der Waals surface area (Å²) in [6.45, 7) is 6.23. The van der Waals surface area contributed by atoms with Crippen molar-refractivity contribution in [2.24, 2.45) is 7.05 Å². The highest BCUT2D eigenvalue weighted by Crippen LogP contribution is 2.37. The number of rotatable bonds is 4. The van der Waals surface area contributed by atoms with Crippen LogP contribution >= 0.6 is 0 Å². The molecule has 3 aromatic heterocycles. The average Bonchev–Trinajstić information content (AvgIpc) is 3.16. The van der Waals surface area contributed by atoms with Crippen LogP contribution in [0.25, 0.3) is 33.2 Å². The summed E-state index contributed by atoms with van der Waals surface area (Å²) in [5, 5.41) is 20.1. The topological polar surface area (TPSA) is 79.1 Å². The maximum Gasteiger partial charge on any atom is 0.130 e. The second kappa shape index (κ2) is 6.90. The van der Waals surface area contributed by atoms with Gasteiger partial charge in [-0.3, -0.25) is 4.68 Å². The zero-order chi connectivity index (χ0) is 22.0. The summed E-state index contributed by atoms with van der Waals surface area (Å²) in [5.74, 6) is 1.24. The van der Waals surface area contributed by atoms with Gasteiger partial charge in [0.25, 0.3) is 0 Å². The lowest BCUT2D eigenvalue weighted by molar-refractivity contribution is 0.455. The average molecular weight is 429 g/mol. The Morgan fingerprint density at radius 3 is 2.72 bits per heavy atom. The van der Waals surface area contributed by atoms with Gasteiger partial charge < -0.3 is 15.3 Å². The molecule has 1 aliphatic heterocycles. The van der Waals surface area contributed by atoms with Gasteiger partial charge in [-0.05, 0) is 63.4 Å². The van der Waals surface area contributed by atoms with E-state index in [0.717, 1.165) is 64.1 Å². The van der Waals surface area contributed by atoms with Crippen molar-refractivity contribution in [1.82, 2.24) is 25.1 Å². The van der Waals surface area contributed by atoms with E-state index in [0.29, 0.717) is 11.6 Å². The fourth-order valence-corrected chi connectivity index (χ4v) is 4.87. The lowest BCUT2D eigenvalue weighted by Crippen LogP contribution is -2.40. The van der Waals surface area contributed by atoms with E-state index in [4.69, 9.17) is 9.97 Å². The smallest absolute Gasteiger partial charge is 0.130 e. The Morgan fingerprint density at radius 2 is 1.91 bits per heavy atom. The molecule has 4 aromatic rings. The van der Waals surface area contributed by atoms with Crippen molar-refractivity contribution in [1.29, 1.82) is 0 Å². The Labute approximate surface area is 187 Å². The highest BCUT2D eigenvalue weighted by Gasteiger charge is 2.40. The van der Waals surface area contributed by atoms with Crippen molar-refractivity contribution in [3.8, 4) is 17.0 Å². The maximum absolute atomic E-state index is 10.8. The van der Waals surface area contributed by atoms with Crippen LogP contribution < -0.4 is 10.2 Å². The zero-order valence-corrected chi connectivity index (χ0v) is 18.8. The molecule has 2 N–H and O–H groups in total. The number of hydrogen-bond donors (Lipinski definition) is 2. The van der Waals surface area contributed by atoms with Crippen LogP contribution in [0.3, 0.4) is 0 Å². The van der Waals surface area contributed by atoms with Gasteiger partial charge >= 0.3 is 0 Å². The van der Waals surface area contributed by atoms with Crippen molar-refractivity contribution in [3.05, 3.63) is 42.1 Å². The molecule has 1 saturated heterocycles. The second-order valence-electron chi connectivity index (χ2n) is 9.68. The number of benzene rings is 1. The van der Waals surface area contributed by atoms with E-state index < -0.39 is 0 Å². The fourth-order valence-electron chi connectivity index (χ4n) is 4.87. The molecule has 7 heteroatoms. The highest BCUT2D eigenvalue weighted by molar-refractivity contribution is 5.91. The first-order valence-corrected chi connectivity index (χ1v) is 11.4. The number of nitrogens with zero attached hydrogens (tertiary/aromatic N) is 5. The van der Waals surface area contributed by atoms with E-state index in [9.17, 15) is 5.11 Å². The molecule has 1 aliphatic carbocycles. The number of nitrogens with one attached hydrogen (secondary N) is 1. The Balaban J connectivity index is 1.30. The minimum atomic E-state index is 0.229. The molecule has 6 rings (SSSR count). The SMILES string of the molecule is Cc1c(O)c(-c2ccc3nc(N4CC[C@@H](NC5(C)CC5)C4)ccc3n2)cc2cn(C)nc12. The van der Waals surface area contributed by atoms with Gasteiger partial charge in [-0.2, -0.15) is 5.10 Å². The lowest BCUT2D eigenvalue weighted by Gasteiger charge is -2.20. The lowest BCUT2D eigenvalue weighted by atomic mass is 10.0. The predicted molar refractivity (Wildman–Crippen MR) is 127 cm³/mol. The Bertz CT molecular complexity index is 1360. The Morgan fingerprint density at radius 1 is 1.12 bits per heavy atom. The number of pyridine rings is 2. The van der Waals surface area contributed by atoms with Crippen LogP contribution in [0, 0.1) is 6.92 Å². The zero-order valence-electron chi connectivity index (χ0n) is 18.8. The third-order valence-corrected chi connectivity index (χ3v) is 6.99. The van der Waals surface area contributed by atoms with Gasteiger partial charge in [-0.1, -0.05) is 0 Å². The van der Waals surface area contributed by atoms with Crippen molar-refractivity contribution in [3.63, 3.8) is 0 Å². The molecule has 0 bridgehead atoms. The summed E-state index contributed by atoms with van der Waals surface area (Å²) in [5.41, 5.74) is 5.10. The van der Waals surface area contributed by atoms with E-state index >= 15 is 0 Å². The standard InChI is InChI=1S/C25H28N6O/c1-15-23-16(13-30(3)29-23)12-18(24(15)32)19-4-5-21-20(26-19)6-7-22(27-21)31-11-8-17(14-31)28-25(2)9-10-25/h4-7,12-13,17,28,32H,8-11,14H2,1-3H3/t17-/m1/s1. The minimum Gasteiger partial charge on any atom is -0.507 e. The van der Waals surface area contributed by atoms with Crippen molar-refractivity contribution in [2.75, 3.05) is 18.0 Å². The minimum absolute atomic E-state index is 0.229. The summed E-state index contributed by atoms with van der Waals surface area (Å²) < 4.78 is 1.77. The van der Waals surface area contributed by atoms with Crippen molar-refractivity contribution >= 4 is 27.8 Å². The number of phenolic OH excluding ortho intramolecular Hbond substituents is 1. The summed E-state index contributed by atoms with van der Waals surface area (Å²) in [6, 6.07) is 10.5. The molecular weight excluding hydrogens is 400 g/mol. The molecule has 2 aliphatic rings.